The van der Waals surface area contributed by atoms with Gasteiger partial charge >= 0.3 is 0 Å². The zero-order chi connectivity index (χ0) is 17.6. The van der Waals surface area contributed by atoms with Crippen LogP contribution in [-0.2, 0) is 0 Å². The van der Waals surface area contributed by atoms with Gasteiger partial charge in [-0.25, -0.2) is 4.98 Å². The molecule has 3 rings (SSSR count). The summed E-state index contributed by atoms with van der Waals surface area (Å²) in [4.78, 5) is 13.7. The first-order valence-electron chi connectivity index (χ1n) is 8.55. The fourth-order valence-corrected chi connectivity index (χ4v) is 2.39. The Bertz CT molecular complexity index is 832. The van der Waals surface area contributed by atoms with E-state index in [0.29, 0.717) is 12.0 Å². The van der Waals surface area contributed by atoms with Crippen LogP contribution in [0.2, 0.25) is 0 Å². The number of aromatic nitrogens is 3. The molecule has 0 aliphatic heterocycles. The molecule has 0 saturated carbocycles. The summed E-state index contributed by atoms with van der Waals surface area (Å²) in [5.74, 6) is 1.35. The van der Waals surface area contributed by atoms with Crippen molar-refractivity contribution in [3.63, 3.8) is 0 Å². The summed E-state index contributed by atoms with van der Waals surface area (Å²) < 4.78 is 0. The molecule has 1 atom stereocenters. The zero-order valence-corrected chi connectivity index (χ0v) is 14.8. The lowest BCUT2D eigenvalue weighted by Crippen LogP contribution is -2.16. The minimum absolute atomic E-state index is 0.297. The van der Waals surface area contributed by atoms with Gasteiger partial charge in [-0.2, -0.15) is 4.98 Å². The molecule has 0 aliphatic carbocycles. The number of nitrogens with one attached hydrogen (secondary N) is 2. The quantitative estimate of drug-likeness (QED) is 0.678. The molecule has 5 nitrogen and oxygen atoms in total. The molecular formula is C20H23N5. The maximum atomic E-state index is 4.63. The number of nitrogens with zero attached hydrogens (tertiary/aromatic N) is 3. The van der Waals surface area contributed by atoms with Gasteiger partial charge in [-0.15, -0.1) is 0 Å². The Hall–Kier alpha value is -2.95. The molecule has 5 heteroatoms. The van der Waals surface area contributed by atoms with Gasteiger partial charge in [0.25, 0.3) is 0 Å². The molecule has 0 unspecified atom stereocenters. The third-order valence-corrected chi connectivity index (χ3v) is 4.05. The summed E-state index contributed by atoms with van der Waals surface area (Å²) in [5.41, 5.74) is 3.81. The largest absolute Gasteiger partial charge is 0.352 e. The van der Waals surface area contributed by atoms with Crippen molar-refractivity contribution in [3.8, 4) is 11.4 Å². The Kier molecular flexibility index (Phi) is 5.23. The Morgan fingerprint density at radius 1 is 1.00 bits per heavy atom. The second-order valence-electron chi connectivity index (χ2n) is 6.07. The van der Waals surface area contributed by atoms with E-state index >= 15 is 0 Å². The second kappa shape index (κ2) is 7.75. The molecule has 25 heavy (non-hydrogen) atoms. The van der Waals surface area contributed by atoms with Crippen molar-refractivity contribution in [1.82, 2.24) is 15.0 Å². The lowest BCUT2D eigenvalue weighted by Gasteiger charge is -2.15. The number of benzene rings is 1. The van der Waals surface area contributed by atoms with E-state index in [1.54, 1.807) is 6.20 Å². The third-order valence-electron chi connectivity index (χ3n) is 4.05. The fourth-order valence-electron chi connectivity index (χ4n) is 2.39. The van der Waals surface area contributed by atoms with Crippen molar-refractivity contribution in [3.05, 3.63) is 60.3 Å². The molecule has 0 bridgehead atoms. The normalized spacial score (nSPS) is 11.8. The van der Waals surface area contributed by atoms with Crippen molar-refractivity contribution in [2.75, 3.05) is 10.6 Å². The Morgan fingerprint density at radius 2 is 1.80 bits per heavy atom. The summed E-state index contributed by atoms with van der Waals surface area (Å²) in [6.07, 6.45) is 2.77. The van der Waals surface area contributed by atoms with Gasteiger partial charge in [0.15, 0.2) is 0 Å². The summed E-state index contributed by atoms with van der Waals surface area (Å²) in [6, 6.07) is 16.2. The third kappa shape index (κ3) is 4.32. The zero-order valence-electron chi connectivity index (χ0n) is 14.8. The Morgan fingerprint density at radius 3 is 2.52 bits per heavy atom. The van der Waals surface area contributed by atoms with E-state index in [1.807, 2.05) is 42.5 Å². The highest BCUT2D eigenvalue weighted by Crippen LogP contribution is 2.24. The number of pyridine rings is 1. The van der Waals surface area contributed by atoms with Gasteiger partial charge in [-0.1, -0.05) is 31.2 Å². The van der Waals surface area contributed by atoms with Crippen LogP contribution in [0.3, 0.4) is 0 Å². The van der Waals surface area contributed by atoms with Gasteiger partial charge in [0.05, 0.1) is 11.4 Å². The molecule has 0 saturated heterocycles. The topological polar surface area (TPSA) is 62.7 Å². The highest BCUT2D eigenvalue weighted by atomic mass is 15.2. The molecule has 0 spiro atoms. The number of rotatable bonds is 6. The van der Waals surface area contributed by atoms with Crippen LogP contribution < -0.4 is 10.6 Å². The fraction of sp³-hybridized carbons (Fsp3) is 0.250. The number of para-hydroxylation sites is 1. The smallest absolute Gasteiger partial charge is 0.225 e. The number of anilines is 3. The van der Waals surface area contributed by atoms with E-state index in [-0.39, 0.29) is 0 Å². The molecule has 0 aliphatic rings. The van der Waals surface area contributed by atoms with Crippen LogP contribution in [-0.4, -0.2) is 21.0 Å². The van der Waals surface area contributed by atoms with E-state index < -0.39 is 0 Å². The van der Waals surface area contributed by atoms with E-state index in [9.17, 15) is 0 Å². The van der Waals surface area contributed by atoms with E-state index in [2.05, 4.69) is 52.4 Å². The minimum Gasteiger partial charge on any atom is -0.352 e. The van der Waals surface area contributed by atoms with Crippen LogP contribution in [0.25, 0.3) is 11.4 Å². The number of aryl methyl sites for hydroxylation is 1. The number of hydrogen-bond acceptors (Lipinski definition) is 5. The van der Waals surface area contributed by atoms with Gasteiger partial charge in [0, 0.05) is 24.0 Å². The van der Waals surface area contributed by atoms with Gasteiger partial charge in [0.2, 0.25) is 5.95 Å². The monoisotopic (exact) mass is 333 g/mol. The first kappa shape index (κ1) is 16.9. The maximum Gasteiger partial charge on any atom is 0.225 e. The van der Waals surface area contributed by atoms with Gasteiger partial charge in [-0.3, -0.25) is 4.98 Å². The molecule has 2 N–H and O–H groups in total. The van der Waals surface area contributed by atoms with Crippen molar-refractivity contribution in [1.29, 1.82) is 0 Å². The molecule has 2 aromatic heterocycles. The van der Waals surface area contributed by atoms with Crippen molar-refractivity contribution >= 4 is 17.5 Å². The Labute approximate surface area is 148 Å². The summed E-state index contributed by atoms with van der Waals surface area (Å²) in [5, 5.41) is 6.75. The predicted molar refractivity (Wildman–Crippen MR) is 103 cm³/mol. The lowest BCUT2D eigenvalue weighted by molar-refractivity contribution is 0.753. The average molecular weight is 333 g/mol. The molecule has 0 fully saturated rings. The van der Waals surface area contributed by atoms with Crippen LogP contribution >= 0.6 is 0 Å². The molecule has 2 heterocycles. The SMILES string of the molecule is CC[C@@H](C)Nc1nc(Nc2ccccc2C)cc(-c2ccccn2)n1. The summed E-state index contributed by atoms with van der Waals surface area (Å²) >= 11 is 0. The minimum atomic E-state index is 0.297. The van der Waals surface area contributed by atoms with Crippen molar-refractivity contribution in [2.45, 2.75) is 33.2 Å². The lowest BCUT2D eigenvalue weighted by atomic mass is 10.2. The van der Waals surface area contributed by atoms with Crippen molar-refractivity contribution in [2.24, 2.45) is 0 Å². The predicted octanol–water partition coefficient (Wildman–Crippen LogP) is 4.80. The van der Waals surface area contributed by atoms with Crippen LogP contribution in [0.1, 0.15) is 25.8 Å². The van der Waals surface area contributed by atoms with Gasteiger partial charge in [-0.05, 0) is 44.0 Å². The average Bonchev–Trinajstić information content (AvgIpc) is 2.64. The molecule has 1 aromatic carbocycles. The first-order chi connectivity index (χ1) is 12.2. The van der Waals surface area contributed by atoms with E-state index in [4.69, 9.17) is 0 Å². The Balaban J connectivity index is 1.99. The van der Waals surface area contributed by atoms with Crippen LogP contribution in [0, 0.1) is 6.92 Å². The highest BCUT2D eigenvalue weighted by molar-refractivity contribution is 5.66. The number of hydrogen-bond donors (Lipinski definition) is 2. The van der Waals surface area contributed by atoms with Gasteiger partial charge < -0.3 is 10.6 Å². The van der Waals surface area contributed by atoms with Crippen LogP contribution in [0.4, 0.5) is 17.5 Å². The molecular weight excluding hydrogens is 310 g/mol. The molecule has 128 valence electrons. The molecule has 0 radical (unpaired) electrons. The standard InChI is InChI=1S/C20H23N5/c1-4-15(3)22-20-24-18(17-11-7-8-12-21-17)13-19(25-20)23-16-10-6-5-9-14(16)2/h5-13,15H,4H2,1-3H3,(H2,22,23,24,25)/t15-/m1/s1. The van der Waals surface area contributed by atoms with Crippen LogP contribution in [0.15, 0.2) is 54.7 Å². The first-order valence-corrected chi connectivity index (χ1v) is 8.55. The summed E-state index contributed by atoms with van der Waals surface area (Å²) in [7, 11) is 0. The van der Waals surface area contributed by atoms with E-state index in [0.717, 1.165) is 34.9 Å². The van der Waals surface area contributed by atoms with Crippen molar-refractivity contribution < 1.29 is 0 Å². The van der Waals surface area contributed by atoms with E-state index in [1.165, 1.54) is 0 Å². The molecule has 0 amide bonds. The van der Waals surface area contributed by atoms with Crippen LogP contribution in [0.5, 0.6) is 0 Å². The maximum absolute atomic E-state index is 4.63. The second-order valence-corrected chi connectivity index (χ2v) is 6.07. The highest BCUT2D eigenvalue weighted by Gasteiger charge is 2.10. The van der Waals surface area contributed by atoms with Gasteiger partial charge in [0.1, 0.15) is 5.82 Å². The molecule has 3 aromatic rings. The summed E-state index contributed by atoms with van der Waals surface area (Å²) in [6.45, 7) is 6.32.